The van der Waals surface area contributed by atoms with Gasteiger partial charge in [-0.1, -0.05) is 12.2 Å². The number of amides is 1. The molecule has 0 aliphatic heterocycles. The van der Waals surface area contributed by atoms with E-state index in [-0.39, 0.29) is 16.9 Å². The fourth-order valence-electron chi connectivity index (χ4n) is 1.07. The van der Waals surface area contributed by atoms with Crippen molar-refractivity contribution in [2.24, 2.45) is 16.5 Å². The maximum Gasteiger partial charge on any atom is 0.281 e. The van der Waals surface area contributed by atoms with Crippen LogP contribution in [0.25, 0.3) is 0 Å². The number of hydrogen-bond acceptors (Lipinski definition) is 3. The first kappa shape index (κ1) is 11.2. The molecule has 1 amide bonds. The molecule has 0 unspecified atom stereocenters. The first-order valence-corrected chi connectivity index (χ1v) is 5.06. The molecule has 0 aromatic carbocycles. The van der Waals surface area contributed by atoms with Crippen LogP contribution in [0.15, 0.2) is 28.8 Å². The van der Waals surface area contributed by atoms with E-state index in [9.17, 15) is 13.2 Å². The first-order valence-electron chi connectivity index (χ1n) is 3.98. The predicted molar refractivity (Wildman–Crippen MR) is 56.6 cm³/mol. The van der Waals surface area contributed by atoms with Crippen LogP contribution >= 0.6 is 0 Å². The average molecular weight is 227 g/mol. The molecule has 4 N–H and O–H groups in total. The van der Waals surface area contributed by atoms with Gasteiger partial charge in [0.2, 0.25) is 10.3 Å². The van der Waals surface area contributed by atoms with Crippen molar-refractivity contribution in [3.05, 3.63) is 23.8 Å². The Morgan fingerprint density at radius 2 is 2.07 bits per heavy atom. The molecule has 0 aromatic heterocycles. The van der Waals surface area contributed by atoms with Crippen molar-refractivity contribution in [3.63, 3.8) is 0 Å². The summed E-state index contributed by atoms with van der Waals surface area (Å²) in [6.45, 7) is 0. The van der Waals surface area contributed by atoms with E-state index in [4.69, 9.17) is 11.5 Å². The van der Waals surface area contributed by atoms with Gasteiger partial charge >= 0.3 is 0 Å². The maximum atomic E-state index is 11.4. The number of nitrogens with zero attached hydrogens (tertiary/aromatic N) is 1. The fraction of sp³-hybridized carbons (Fsp3) is 0.125. The molecule has 15 heavy (non-hydrogen) atoms. The standard InChI is InChI=1S/C8H9N3O3S/c9-8(10)11-7(12)5-3-1-2-4-6(5)15(13)14/h1-3H,4H2,(H4,9,10,11,12). The third-order valence-electron chi connectivity index (χ3n) is 1.66. The minimum absolute atomic E-state index is 0.000710. The van der Waals surface area contributed by atoms with Crippen molar-refractivity contribution in [2.45, 2.75) is 6.42 Å². The van der Waals surface area contributed by atoms with Crippen LogP contribution < -0.4 is 11.5 Å². The average Bonchev–Trinajstić information content (AvgIpc) is 2.16. The molecule has 0 bridgehead atoms. The Hall–Kier alpha value is -1.89. The summed E-state index contributed by atoms with van der Waals surface area (Å²) in [7, 11) is -2.44. The Balaban J connectivity index is 3.19. The zero-order chi connectivity index (χ0) is 11.4. The largest absolute Gasteiger partial charge is 0.370 e. The molecule has 6 nitrogen and oxygen atoms in total. The van der Waals surface area contributed by atoms with Crippen LogP contribution in [0.3, 0.4) is 0 Å². The summed E-state index contributed by atoms with van der Waals surface area (Å²) in [4.78, 5) is 14.6. The fourth-order valence-corrected chi connectivity index (χ4v) is 1.64. The minimum atomic E-state index is -2.44. The molecule has 1 aliphatic rings. The molecule has 0 saturated carbocycles. The van der Waals surface area contributed by atoms with Gasteiger partial charge in [0.25, 0.3) is 5.91 Å². The Morgan fingerprint density at radius 3 is 2.60 bits per heavy atom. The number of hydrogen-bond donors (Lipinski definition) is 2. The zero-order valence-corrected chi connectivity index (χ0v) is 8.49. The topological polar surface area (TPSA) is 116 Å². The van der Waals surface area contributed by atoms with Crippen LogP contribution in [-0.4, -0.2) is 25.1 Å². The highest BCUT2D eigenvalue weighted by molar-refractivity contribution is 7.73. The van der Waals surface area contributed by atoms with Gasteiger partial charge in [0.15, 0.2) is 5.96 Å². The summed E-state index contributed by atoms with van der Waals surface area (Å²) >= 11 is 0. The molecule has 0 atom stereocenters. The number of aliphatic imine (C=N–C) groups is 1. The normalized spacial score (nSPS) is 14.4. The van der Waals surface area contributed by atoms with Crippen molar-refractivity contribution in [3.8, 4) is 0 Å². The number of nitrogens with two attached hydrogens (primary N) is 2. The quantitative estimate of drug-likeness (QED) is 0.329. The lowest BCUT2D eigenvalue weighted by Gasteiger charge is -2.05. The molecule has 0 saturated heterocycles. The van der Waals surface area contributed by atoms with Gasteiger partial charge in [-0.3, -0.25) is 4.79 Å². The second-order valence-electron chi connectivity index (χ2n) is 2.71. The lowest BCUT2D eigenvalue weighted by molar-refractivity contribution is -0.113. The van der Waals surface area contributed by atoms with E-state index in [2.05, 4.69) is 4.99 Å². The van der Waals surface area contributed by atoms with Crippen LogP contribution in [0.5, 0.6) is 0 Å². The highest BCUT2D eigenvalue weighted by atomic mass is 32.2. The summed E-state index contributed by atoms with van der Waals surface area (Å²) in [5.74, 6) is -1.15. The number of carbonyl (C=O) groups is 1. The first-order chi connectivity index (χ1) is 7.02. The molecular weight excluding hydrogens is 218 g/mol. The van der Waals surface area contributed by atoms with Gasteiger partial charge in [0, 0.05) is 6.42 Å². The van der Waals surface area contributed by atoms with Gasteiger partial charge in [-0.15, -0.1) is 0 Å². The van der Waals surface area contributed by atoms with E-state index in [1.54, 1.807) is 12.2 Å². The molecule has 0 aromatic rings. The second-order valence-corrected chi connectivity index (χ2v) is 3.67. The number of carbonyl (C=O) groups excluding carboxylic acids is 1. The summed E-state index contributed by atoms with van der Waals surface area (Å²) in [6.07, 6.45) is 4.74. The van der Waals surface area contributed by atoms with Crippen LogP contribution in [0, 0.1) is 0 Å². The monoisotopic (exact) mass is 227 g/mol. The Morgan fingerprint density at radius 1 is 1.40 bits per heavy atom. The molecule has 0 heterocycles. The van der Waals surface area contributed by atoms with Gasteiger partial charge in [0.1, 0.15) is 0 Å². The van der Waals surface area contributed by atoms with Crippen LogP contribution in [0.1, 0.15) is 6.42 Å². The maximum absolute atomic E-state index is 11.4. The summed E-state index contributed by atoms with van der Waals surface area (Å²) < 4.78 is 21.6. The molecule has 7 heteroatoms. The highest BCUT2D eigenvalue weighted by Crippen LogP contribution is 2.10. The second kappa shape index (κ2) is 4.56. The van der Waals surface area contributed by atoms with E-state index in [0.717, 1.165) is 0 Å². The van der Waals surface area contributed by atoms with Crippen LogP contribution in [0.2, 0.25) is 0 Å². The molecule has 0 fully saturated rings. The number of allylic oxidation sites excluding steroid dienone is 3. The number of rotatable bonds is 1. The van der Waals surface area contributed by atoms with Crippen LogP contribution in [0.4, 0.5) is 0 Å². The van der Waals surface area contributed by atoms with E-state index in [1.165, 1.54) is 6.08 Å². The van der Waals surface area contributed by atoms with Crippen molar-refractivity contribution in [2.75, 3.05) is 0 Å². The number of guanidine groups is 1. The van der Waals surface area contributed by atoms with Gasteiger partial charge in [-0.25, -0.2) is 0 Å². The van der Waals surface area contributed by atoms with Gasteiger partial charge in [-0.05, 0) is 6.08 Å². The van der Waals surface area contributed by atoms with Gasteiger partial charge in [-0.2, -0.15) is 13.4 Å². The SMILES string of the molecule is NC(N)=NC(=O)C1=CC=CCC1=S(=O)=O. The molecule has 1 rings (SSSR count). The lowest BCUT2D eigenvalue weighted by Crippen LogP contribution is -2.26. The molecule has 0 radical (unpaired) electrons. The predicted octanol–water partition coefficient (Wildman–Crippen LogP) is -1.28. The smallest absolute Gasteiger partial charge is 0.281 e. The Bertz CT molecular complexity index is 499. The molecule has 1 aliphatic carbocycles. The van der Waals surface area contributed by atoms with E-state index in [1.807, 2.05) is 0 Å². The molecular formula is C8H9N3O3S. The molecule has 80 valence electrons. The van der Waals surface area contributed by atoms with E-state index < -0.39 is 22.2 Å². The summed E-state index contributed by atoms with van der Waals surface area (Å²) in [5.41, 5.74) is 10.0. The van der Waals surface area contributed by atoms with Gasteiger partial charge in [0.05, 0.1) is 10.4 Å². The minimum Gasteiger partial charge on any atom is -0.370 e. The van der Waals surface area contributed by atoms with Gasteiger partial charge < -0.3 is 11.5 Å². The Labute approximate surface area is 87.5 Å². The summed E-state index contributed by atoms with van der Waals surface area (Å²) in [6, 6.07) is 0. The summed E-state index contributed by atoms with van der Waals surface area (Å²) in [5, 5.41) is 0. The van der Waals surface area contributed by atoms with Crippen molar-refractivity contribution >= 4 is 27.0 Å². The molecule has 0 spiro atoms. The van der Waals surface area contributed by atoms with Crippen molar-refractivity contribution < 1.29 is 13.2 Å². The lowest BCUT2D eigenvalue weighted by atomic mass is 10.0. The zero-order valence-electron chi connectivity index (χ0n) is 7.67. The van der Waals surface area contributed by atoms with Crippen LogP contribution in [-0.2, 0) is 15.1 Å². The third kappa shape index (κ3) is 2.78. The Kier molecular flexibility index (Phi) is 3.40. The van der Waals surface area contributed by atoms with E-state index >= 15 is 0 Å². The third-order valence-corrected chi connectivity index (χ3v) is 2.45. The van der Waals surface area contributed by atoms with Crippen molar-refractivity contribution in [1.29, 1.82) is 0 Å². The highest BCUT2D eigenvalue weighted by Gasteiger charge is 2.17. The van der Waals surface area contributed by atoms with Crippen molar-refractivity contribution in [1.82, 2.24) is 0 Å². The van der Waals surface area contributed by atoms with E-state index in [0.29, 0.717) is 0 Å².